The molecule has 2 atom stereocenters. The Morgan fingerprint density at radius 2 is 1.88 bits per heavy atom. The molecule has 2 aliphatic rings. The van der Waals surface area contributed by atoms with Gasteiger partial charge in [0.05, 0.1) is 10.4 Å². The molecule has 1 saturated heterocycles. The minimum absolute atomic E-state index is 0.114. The molecule has 0 amide bonds. The fourth-order valence-corrected chi connectivity index (χ4v) is 6.09. The topological polar surface area (TPSA) is 54.5 Å². The highest BCUT2D eigenvalue weighted by atomic mass is 32.2. The number of piperidine rings is 1. The first-order chi connectivity index (χ1) is 11.3. The van der Waals surface area contributed by atoms with Crippen molar-refractivity contribution in [2.24, 2.45) is 11.8 Å². The molecule has 0 aromatic heterocycles. The summed E-state index contributed by atoms with van der Waals surface area (Å²) >= 11 is 0. The third-order valence-corrected chi connectivity index (χ3v) is 7.83. The van der Waals surface area contributed by atoms with E-state index in [1.165, 1.54) is 0 Å². The van der Waals surface area contributed by atoms with Crippen molar-refractivity contribution in [3.63, 3.8) is 0 Å². The van der Waals surface area contributed by atoms with E-state index in [4.69, 9.17) is 0 Å². The van der Waals surface area contributed by atoms with E-state index in [0.29, 0.717) is 42.5 Å². The van der Waals surface area contributed by atoms with Crippen molar-refractivity contribution in [3.8, 4) is 0 Å². The third-order valence-electron chi connectivity index (χ3n) is 5.85. The molecular formula is C19H27NO3S. The number of hydrogen-bond acceptors (Lipinski definition) is 3. The van der Waals surface area contributed by atoms with Crippen LogP contribution in [0.5, 0.6) is 0 Å². The van der Waals surface area contributed by atoms with E-state index in [-0.39, 0.29) is 5.78 Å². The van der Waals surface area contributed by atoms with Gasteiger partial charge in [0.2, 0.25) is 10.0 Å². The molecule has 132 valence electrons. The zero-order valence-corrected chi connectivity index (χ0v) is 15.6. The molecule has 1 aromatic carbocycles. The van der Waals surface area contributed by atoms with Crippen molar-refractivity contribution in [1.82, 2.24) is 4.31 Å². The molecule has 0 radical (unpaired) electrons. The molecule has 0 unspecified atom stereocenters. The number of hydrogen-bond donors (Lipinski definition) is 0. The maximum Gasteiger partial charge on any atom is 0.243 e. The van der Waals surface area contributed by atoms with Gasteiger partial charge in [-0.25, -0.2) is 8.42 Å². The normalized spacial score (nSPS) is 28.8. The number of nitrogens with zero attached hydrogens (tertiary/aromatic N) is 1. The van der Waals surface area contributed by atoms with Gasteiger partial charge in [-0.1, -0.05) is 31.5 Å². The van der Waals surface area contributed by atoms with Gasteiger partial charge in [-0.3, -0.25) is 4.79 Å². The molecule has 5 heteroatoms. The van der Waals surface area contributed by atoms with Crippen molar-refractivity contribution < 1.29 is 13.2 Å². The van der Waals surface area contributed by atoms with Crippen LogP contribution in [-0.2, 0) is 14.8 Å². The Hall–Kier alpha value is -1.20. The molecule has 3 rings (SSSR count). The van der Waals surface area contributed by atoms with Crippen LogP contribution in [0, 0.1) is 18.8 Å². The highest BCUT2D eigenvalue weighted by molar-refractivity contribution is 7.89. The minimum Gasteiger partial charge on any atom is -0.298 e. The number of rotatable bonds is 3. The van der Waals surface area contributed by atoms with Crippen LogP contribution in [0.1, 0.15) is 51.5 Å². The number of Topliss-reactive ketones (excluding diaryl/α,β-unsaturated/α-hetero) is 1. The fraction of sp³-hybridized carbons (Fsp3) is 0.632. The van der Waals surface area contributed by atoms with Crippen LogP contribution in [-0.4, -0.2) is 30.6 Å². The van der Waals surface area contributed by atoms with Gasteiger partial charge in [0.1, 0.15) is 0 Å². The summed E-state index contributed by atoms with van der Waals surface area (Å²) in [5.41, 5.74) is 0.218. The largest absolute Gasteiger partial charge is 0.298 e. The second-order valence-corrected chi connectivity index (χ2v) is 9.56. The fourth-order valence-electron chi connectivity index (χ4n) is 4.28. The van der Waals surface area contributed by atoms with Gasteiger partial charge >= 0.3 is 0 Å². The van der Waals surface area contributed by atoms with Gasteiger partial charge in [-0.2, -0.15) is 4.31 Å². The van der Waals surface area contributed by atoms with Crippen LogP contribution in [0.4, 0.5) is 0 Å². The Labute approximate surface area is 145 Å². The van der Waals surface area contributed by atoms with E-state index >= 15 is 0 Å². The zero-order chi connectivity index (χ0) is 17.5. The molecule has 1 heterocycles. The van der Waals surface area contributed by atoms with Crippen LogP contribution in [0.25, 0.3) is 0 Å². The summed E-state index contributed by atoms with van der Waals surface area (Å²) in [4.78, 5) is 13.1. The van der Waals surface area contributed by atoms with Gasteiger partial charge in [-0.05, 0) is 56.6 Å². The van der Waals surface area contributed by atoms with Crippen molar-refractivity contribution in [1.29, 1.82) is 0 Å². The van der Waals surface area contributed by atoms with Crippen LogP contribution < -0.4 is 0 Å². The maximum absolute atomic E-state index is 13.3. The van der Waals surface area contributed by atoms with Crippen LogP contribution in [0.3, 0.4) is 0 Å². The molecule has 1 aromatic rings. The number of aryl methyl sites for hydroxylation is 1. The molecule has 1 aliphatic heterocycles. The van der Waals surface area contributed by atoms with Crippen LogP contribution in [0.15, 0.2) is 29.2 Å². The van der Waals surface area contributed by atoms with Gasteiger partial charge in [0.15, 0.2) is 5.78 Å². The molecule has 4 nitrogen and oxygen atoms in total. The predicted molar refractivity (Wildman–Crippen MR) is 94.2 cm³/mol. The average Bonchev–Trinajstić information content (AvgIpc) is 2.88. The molecule has 2 fully saturated rings. The Morgan fingerprint density at radius 3 is 2.42 bits per heavy atom. The van der Waals surface area contributed by atoms with Gasteiger partial charge in [0, 0.05) is 13.0 Å². The molecule has 0 N–H and O–H groups in total. The lowest BCUT2D eigenvalue weighted by atomic mass is 9.75. The number of benzene rings is 1. The summed E-state index contributed by atoms with van der Waals surface area (Å²) in [6.07, 6.45) is 3.47. The van der Waals surface area contributed by atoms with E-state index in [1.807, 2.05) is 19.1 Å². The van der Waals surface area contributed by atoms with Crippen molar-refractivity contribution >= 4 is 15.8 Å². The van der Waals surface area contributed by atoms with Crippen molar-refractivity contribution in [3.05, 3.63) is 29.8 Å². The summed E-state index contributed by atoms with van der Waals surface area (Å²) in [5.74, 6) is 1.000. The molecule has 1 saturated carbocycles. The first-order valence-corrected chi connectivity index (χ1v) is 10.3. The Kier molecular flexibility index (Phi) is 4.60. The number of carbonyl (C=O) groups excluding carboxylic acids is 1. The van der Waals surface area contributed by atoms with Gasteiger partial charge < -0.3 is 0 Å². The second kappa shape index (κ2) is 6.26. The minimum atomic E-state index is -3.64. The van der Waals surface area contributed by atoms with E-state index in [2.05, 4.69) is 13.8 Å². The first kappa shape index (κ1) is 17.6. The van der Waals surface area contributed by atoms with E-state index < -0.39 is 15.6 Å². The van der Waals surface area contributed by atoms with Gasteiger partial charge in [0.25, 0.3) is 0 Å². The van der Waals surface area contributed by atoms with Gasteiger partial charge in [-0.15, -0.1) is 0 Å². The first-order valence-electron chi connectivity index (χ1n) is 8.90. The summed E-state index contributed by atoms with van der Waals surface area (Å²) in [7, 11) is -3.64. The molecule has 24 heavy (non-hydrogen) atoms. The van der Waals surface area contributed by atoms with Crippen LogP contribution in [0.2, 0.25) is 0 Å². The smallest absolute Gasteiger partial charge is 0.243 e. The number of sulfonamides is 1. The number of carbonyl (C=O) groups is 1. The lowest BCUT2D eigenvalue weighted by molar-refractivity contribution is -0.128. The highest BCUT2D eigenvalue weighted by Gasteiger charge is 2.54. The monoisotopic (exact) mass is 349 g/mol. The predicted octanol–water partition coefficient (Wildman–Crippen LogP) is 3.54. The van der Waals surface area contributed by atoms with E-state index in [1.54, 1.807) is 16.4 Å². The van der Waals surface area contributed by atoms with E-state index in [9.17, 15) is 13.2 Å². The number of ketones is 1. The Morgan fingerprint density at radius 1 is 1.21 bits per heavy atom. The van der Waals surface area contributed by atoms with Crippen molar-refractivity contribution in [2.75, 3.05) is 6.54 Å². The summed E-state index contributed by atoms with van der Waals surface area (Å²) in [6.45, 7) is 6.72. The summed E-state index contributed by atoms with van der Waals surface area (Å²) < 4.78 is 28.1. The SMILES string of the molecule is Cc1ccc(S(=O)(=O)N2CC[C@H](C(C)C)C[C@@]23CCCC3=O)cc1. The lowest BCUT2D eigenvalue weighted by Gasteiger charge is -2.46. The highest BCUT2D eigenvalue weighted by Crippen LogP contribution is 2.46. The third kappa shape index (κ3) is 2.82. The molecular weight excluding hydrogens is 322 g/mol. The summed E-state index contributed by atoms with van der Waals surface area (Å²) in [6, 6.07) is 6.95. The van der Waals surface area contributed by atoms with Crippen LogP contribution >= 0.6 is 0 Å². The summed E-state index contributed by atoms with van der Waals surface area (Å²) in [5, 5.41) is 0. The molecule has 1 spiro atoms. The maximum atomic E-state index is 13.3. The zero-order valence-electron chi connectivity index (χ0n) is 14.8. The van der Waals surface area contributed by atoms with E-state index in [0.717, 1.165) is 18.4 Å². The average molecular weight is 349 g/mol. The lowest BCUT2D eigenvalue weighted by Crippen LogP contribution is -2.59. The Balaban J connectivity index is 2.02. The molecule has 1 aliphatic carbocycles. The quantitative estimate of drug-likeness (QED) is 0.838. The molecule has 0 bridgehead atoms. The second-order valence-electron chi connectivity index (χ2n) is 7.70. The standard InChI is InChI=1S/C19H27NO3S/c1-14(2)16-10-12-20(19(13-16)11-4-5-18(19)21)24(22,23)17-8-6-15(3)7-9-17/h6-9,14,16H,4-5,10-13H2,1-3H3/t16-,19+/m0/s1. The Bertz CT molecular complexity index is 723. The van der Waals surface area contributed by atoms with Crippen molar-refractivity contribution in [2.45, 2.75) is 63.3 Å².